The van der Waals surface area contributed by atoms with Gasteiger partial charge in [-0.15, -0.1) is 0 Å². The molecule has 1 atom stereocenters. The highest BCUT2D eigenvalue weighted by molar-refractivity contribution is 5.71. The van der Waals surface area contributed by atoms with Crippen molar-refractivity contribution < 1.29 is 28.6 Å². The number of allylic oxidation sites excluding steroid dienone is 16. The molecular weight excluding hydrogens is 769 g/mol. The molecule has 0 aliphatic heterocycles. The first-order valence-corrected chi connectivity index (χ1v) is 25.3. The van der Waals surface area contributed by atoms with Gasteiger partial charge in [0.2, 0.25) is 0 Å². The Hall–Kier alpha value is -3.67. The molecule has 0 aromatic carbocycles. The van der Waals surface area contributed by atoms with Crippen molar-refractivity contribution in [2.75, 3.05) is 13.2 Å². The fourth-order valence-electron chi connectivity index (χ4n) is 6.63. The minimum atomic E-state index is -0.827. The molecule has 352 valence electrons. The van der Waals surface area contributed by atoms with Crippen LogP contribution in [0, 0.1) is 0 Å². The molecule has 0 heterocycles. The molecule has 0 aliphatic carbocycles. The third-order valence-electron chi connectivity index (χ3n) is 10.4. The fraction of sp³-hybridized carbons (Fsp3) is 0.661. The number of ether oxygens (including phenoxy) is 3. The highest BCUT2D eigenvalue weighted by Gasteiger charge is 2.19. The average molecular weight is 861 g/mol. The van der Waals surface area contributed by atoms with Gasteiger partial charge in [-0.3, -0.25) is 14.4 Å². The second kappa shape index (κ2) is 50.0. The van der Waals surface area contributed by atoms with Crippen LogP contribution in [-0.4, -0.2) is 37.2 Å². The van der Waals surface area contributed by atoms with Crippen LogP contribution < -0.4 is 0 Å². The maximum absolute atomic E-state index is 12.7. The van der Waals surface area contributed by atoms with E-state index < -0.39 is 12.1 Å². The van der Waals surface area contributed by atoms with Gasteiger partial charge in [-0.2, -0.15) is 0 Å². The van der Waals surface area contributed by atoms with Gasteiger partial charge in [0.15, 0.2) is 6.10 Å². The number of unbranched alkanes of at least 4 members (excludes halogenated alkanes) is 22. The van der Waals surface area contributed by atoms with Gasteiger partial charge in [0.25, 0.3) is 0 Å². The second-order valence-electron chi connectivity index (χ2n) is 16.5. The first-order valence-electron chi connectivity index (χ1n) is 25.3. The molecule has 6 heteroatoms. The minimum absolute atomic E-state index is 0.120. The van der Waals surface area contributed by atoms with E-state index in [0.29, 0.717) is 19.3 Å². The van der Waals surface area contributed by atoms with E-state index in [0.717, 1.165) is 83.5 Å². The summed E-state index contributed by atoms with van der Waals surface area (Å²) in [4.78, 5) is 37.9. The molecule has 0 aliphatic rings. The van der Waals surface area contributed by atoms with E-state index >= 15 is 0 Å². The van der Waals surface area contributed by atoms with Crippen LogP contribution in [0.25, 0.3) is 0 Å². The van der Waals surface area contributed by atoms with Gasteiger partial charge < -0.3 is 14.2 Å². The molecule has 0 saturated heterocycles. The Morgan fingerprint density at radius 2 is 0.661 bits per heavy atom. The lowest BCUT2D eigenvalue weighted by molar-refractivity contribution is -0.167. The van der Waals surface area contributed by atoms with E-state index in [1.165, 1.54) is 89.9 Å². The summed E-state index contributed by atoms with van der Waals surface area (Å²) >= 11 is 0. The Balaban J connectivity index is 4.51. The lowest BCUT2D eigenvalue weighted by Gasteiger charge is -2.18. The third-order valence-corrected chi connectivity index (χ3v) is 10.4. The van der Waals surface area contributed by atoms with Gasteiger partial charge in [0.05, 0.1) is 0 Å². The van der Waals surface area contributed by atoms with E-state index in [1.807, 2.05) is 54.7 Å². The van der Waals surface area contributed by atoms with Crippen molar-refractivity contribution >= 4 is 17.9 Å². The summed E-state index contributed by atoms with van der Waals surface area (Å²) in [6, 6.07) is 0. The standard InChI is InChI=1S/C56H92O6/c1-4-7-10-13-16-19-22-25-26-27-28-29-32-34-37-40-43-46-49-55(58)61-52-53(62-56(59)50-47-44-41-38-35-31-24-21-18-15-12-9-6-3)51-60-54(57)48-45-42-39-36-33-30-23-20-17-14-11-8-5-2/h9,12,15,18,21,24,26-31,33,35,38,41,53H,4-8,10-11,13-14,16-17,19-20,22-23,25,32,34,36-37,39-40,42-52H2,1-3H3/b12-9-,18-15-,24-21-,27-26-,29-28-,33-30-,35-31-,41-38-. The first kappa shape index (κ1) is 58.3. The van der Waals surface area contributed by atoms with Crippen LogP contribution in [0.2, 0.25) is 0 Å². The van der Waals surface area contributed by atoms with Gasteiger partial charge in [0.1, 0.15) is 13.2 Å². The Morgan fingerprint density at radius 1 is 0.339 bits per heavy atom. The lowest BCUT2D eigenvalue weighted by Crippen LogP contribution is -2.30. The largest absolute Gasteiger partial charge is 0.462 e. The highest BCUT2D eigenvalue weighted by Crippen LogP contribution is 2.13. The predicted molar refractivity (Wildman–Crippen MR) is 265 cm³/mol. The monoisotopic (exact) mass is 861 g/mol. The van der Waals surface area contributed by atoms with E-state index in [-0.39, 0.29) is 31.6 Å². The van der Waals surface area contributed by atoms with Crippen LogP contribution in [0.4, 0.5) is 0 Å². The summed E-state index contributed by atoms with van der Waals surface area (Å²) in [5, 5.41) is 0. The third kappa shape index (κ3) is 47.4. The molecule has 0 radical (unpaired) electrons. The zero-order valence-corrected chi connectivity index (χ0v) is 40.1. The summed E-state index contributed by atoms with van der Waals surface area (Å²) in [6.45, 7) is 6.38. The van der Waals surface area contributed by atoms with Crippen LogP contribution in [0.15, 0.2) is 97.2 Å². The van der Waals surface area contributed by atoms with Crippen LogP contribution in [0.1, 0.15) is 220 Å². The quantitative estimate of drug-likeness (QED) is 0.0200. The van der Waals surface area contributed by atoms with Crippen molar-refractivity contribution in [3.05, 3.63) is 97.2 Å². The number of hydrogen-bond donors (Lipinski definition) is 0. The minimum Gasteiger partial charge on any atom is -0.462 e. The van der Waals surface area contributed by atoms with Crippen LogP contribution in [0.5, 0.6) is 0 Å². The van der Waals surface area contributed by atoms with Gasteiger partial charge in [-0.1, -0.05) is 214 Å². The van der Waals surface area contributed by atoms with E-state index in [9.17, 15) is 14.4 Å². The number of rotatable bonds is 44. The number of hydrogen-bond acceptors (Lipinski definition) is 6. The van der Waals surface area contributed by atoms with Crippen molar-refractivity contribution in [2.45, 2.75) is 226 Å². The normalized spacial score (nSPS) is 12.9. The number of carbonyl (C=O) groups is 3. The molecule has 0 amide bonds. The topological polar surface area (TPSA) is 78.9 Å². The van der Waals surface area contributed by atoms with Crippen LogP contribution in [-0.2, 0) is 28.6 Å². The molecule has 0 rings (SSSR count). The molecule has 0 aromatic heterocycles. The van der Waals surface area contributed by atoms with Crippen molar-refractivity contribution in [1.82, 2.24) is 0 Å². The first-order chi connectivity index (χ1) is 30.5. The summed E-state index contributed by atoms with van der Waals surface area (Å²) in [5.41, 5.74) is 0. The van der Waals surface area contributed by atoms with Gasteiger partial charge in [0, 0.05) is 19.3 Å². The molecule has 1 unspecified atom stereocenters. The molecule has 6 nitrogen and oxygen atoms in total. The van der Waals surface area contributed by atoms with Crippen LogP contribution >= 0.6 is 0 Å². The maximum Gasteiger partial charge on any atom is 0.306 e. The Morgan fingerprint density at radius 3 is 1.11 bits per heavy atom. The maximum atomic E-state index is 12.7. The molecule has 0 N–H and O–H groups in total. The summed E-state index contributed by atoms with van der Waals surface area (Å²) < 4.78 is 16.7. The second-order valence-corrected chi connectivity index (χ2v) is 16.5. The Kier molecular flexibility index (Phi) is 47.0. The average Bonchev–Trinajstić information content (AvgIpc) is 3.27. The molecule has 0 bridgehead atoms. The Bertz CT molecular complexity index is 1260. The summed E-state index contributed by atoms with van der Waals surface area (Å²) in [7, 11) is 0. The SMILES string of the molecule is CC\C=C/C=C\C=C/C=C\C=C/CCCC(=O)OC(COC(=O)CCCCC/C=C\CCCCCCCC)COC(=O)CCCCCCC/C=C\C=C/CCCCCCCCC. The highest BCUT2D eigenvalue weighted by atomic mass is 16.6. The van der Waals surface area contributed by atoms with Crippen molar-refractivity contribution in [2.24, 2.45) is 0 Å². The fourth-order valence-corrected chi connectivity index (χ4v) is 6.63. The summed E-state index contributed by atoms with van der Waals surface area (Å²) in [6.07, 6.45) is 65.4. The van der Waals surface area contributed by atoms with Gasteiger partial charge in [-0.25, -0.2) is 0 Å². The van der Waals surface area contributed by atoms with E-state index in [4.69, 9.17) is 14.2 Å². The van der Waals surface area contributed by atoms with Gasteiger partial charge >= 0.3 is 17.9 Å². The zero-order valence-electron chi connectivity index (χ0n) is 40.1. The smallest absolute Gasteiger partial charge is 0.306 e. The molecule has 62 heavy (non-hydrogen) atoms. The molecule has 0 fully saturated rings. The predicted octanol–water partition coefficient (Wildman–Crippen LogP) is 16.6. The van der Waals surface area contributed by atoms with Crippen molar-refractivity contribution in [1.29, 1.82) is 0 Å². The molecular formula is C56H92O6. The van der Waals surface area contributed by atoms with Crippen molar-refractivity contribution in [3.63, 3.8) is 0 Å². The van der Waals surface area contributed by atoms with Crippen LogP contribution in [0.3, 0.4) is 0 Å². The molecule has 0 saturated carbocycles. The van der Waals surface area contributed by atoms with E-state index in [2.05, 4.69) is 63.3 Å². The molecule has 0 aromatic rings. The Labute approximate surface area is 381 Å². The number of carbonyl (C=O) groups excluding carboxylic acids is 3. The lowest BCUT2D eigenvalue weighted by atomic mass is 10.1. The summed E-state index contributed by atoms with van der Waals surface area (Å²) in [5.74, 6) is -1.03. The zero-order chi connectivity index (χ0) is 45.1. The van der Waals surface area contributed by atoms with Crippen molar-refractivity contribution in [3.8, 4) is 0 Å². The van der Waals surface area contributed by atoms with Gasteiger partial charge in [-0.05, 0) is 83.5 Å². The van der Waals surface area contributed by atoms with E-state index in [1.54, 1.807) is 0 Å². The molecule has 0 spiro atoms. The number of esters is 3.